The van der Waals surface area contributed by atoms with Gasteiger partial charge < -0.3 is 4.98 Å². The van der Waals surface area contributed by atoms with Crippen molar-refractivity contribution in [3.05, 3.63) is 58.4 Å². The summed E-state index contributed by atoms with van der Waals surface area (Å²) in [7, 11) is 0. The zero-order chi connectivity index (χ0) is 12.5. The van der Waals surface area contributed by atoms with E-state index >= 15 is 0 Å². The van der Waals surface area contributed by atoms with E-state index in [9.17, 15) is 4.79 Å². The highest BCUT2D eigenvalue weighted by molar-refractivity contribution is 7.21. The van der Waals surface area contributed by atoms with Crippen molar-refractivity contribution in [2.75, 3.05) is 0 Å². The van der Waals surface area contributed by atoms with Crippen molar-refractivity contribution < 1.29 is 0 Å². The first-order chi connectivity index (χ1) is 8.79. The van der Waals surface area contributed by atoms with Gasteiger partial charge in [0.1, 0.15) is 16.5 Å². The van der Waals surface area contributed by atoms with E-state index in [1.165, 1.54) is 17.5 Å². The fourth-order valence-corrected chi connectivity index (χ4v) is 2.87. The second-order valence-electron chi connectivity index (χ2n) is 3.86. The van der Waals surface area contributed by atoms with E-state index in [0.717, 1.165) is 15.3 Å². The lowest BCUT2D eigenvalue weighted by Crippen LogP contribution is -2.04. The number of nitrogens with zero attached hydrogens (tertiary/aromatic N) is 1. The largest absolute Gasteiger partial charge is 0.351 e. The van der Waals surface area contributed by atoms with Crippen LogP contribution in [0.4, 0.5) is 0 Å². The Kier molecular flexibility index (Phi) is 2.47. The Bertz CT molecular complexity index is 809. The van der Waals surface area contributed by atoms with Crippen molar-refractivity contribution in [1.82, 2.24) is 4.98 Å². The fourth-order valence-electron chi connectivity index (χ4n) is 1.84. The molecule has 1 aromatic carbocycles. The summed E-state index contributed by atoms with van der Waals surface area (Å²) in [4.78, 5) is 16.8. The minimum atomic E-state index is -0.204. The number of nitriles is 1. The summed E-state index contributed by atoms with van der Waals surface area (Å²) >= 11 is 1.52. The highest BCUT2D eigenvalue weighted by Gasteiger charge is 2.09. The third-order valence-corrected chi connectivity index (χ3v) is 3.86. The summed E-state index contributed by atoms with van der Waals surface area (Å²) in [6.07, 6.45) is 1.47. The Labute approximate surface area is 107 Å². The standard InChI is InChI=1S/C14H8N2OS/c15-7-10-8-16-14-11(13(10)17)6-12(18-14)9-4-2-1-3-5-9/h1-6,8H,(H,16,17). The van der Waals surface area contributed by atoms with Gasteiger partial charge in [-0.15, -0.1) is 11.3 Å². The van der Waals surface area contributed by atoms with Crippen LogP contribution in [0, 0.1) is 11.3 Å². The van der Waals surface area contributed by atoms with Crippen molar-refractivity contribution >= 4 is 21.6 Å². The number of hydrogen-bond donors (Lipinski definition) is 1. The van der Waals surface area contributed by atoms with Crippen molar-refractivity contribution in [2.24, 2.45) is 0 Å². The van der Waals surface area contributed by atoms with Crippen molar-refractivity contribution in [2.45, 2.75) is 0 Å². The molecule has 0 saturated carbocycles. The number of fused-ring (bicyclic) bond motifs is 1. The summed E-state index contributed by atoms with van der Waals surface area (Å²) in [5.41, 5.74) is 1.02. The Balaban J connectivity index is 2.28. The number of benzene rings is 1. The normalized spacial score (nSPS) is 10.4. The fraction of sp³-hybridized carbons (Fsp3) is 0. The van der Waals surface area contributed by atoms with E-state index in [1.807, 2.05) is 42.5 Å². The molecule has 1 N–H and O–H groups in total. The topological polar surface area (TPSA) is 56.6 Å². The molecule has 0 radical (unpaired) electrons. The lowest BCUT2D eigenvalue weighted by atomic mass is 10.1. The third kappa shape index (κ3) is 1.62. The maximum Gasteiger partial charge on any atom is 0.208 e. The Morgan fingerprint density at radius 3 is 2.72 bits per heavy atom. The maximum atomic E-state index is 12.0. The lowest BCUT2D eigenvalue weighted by molar-refractivity contribution is 1.37. The number of nitrogens with one attached hydrogen (secondary N) is 1. The van der Waals surface area contributed by atoms with Gasteiger partial charge in [0, 0.05) is 11.1 Å². The van der Waals surface area contributed by atoms with Crippen molar-refractivity contribution in [3.63, 3.8) is 0 Å². The molecule has 0 aliphatic heterocycles. The van der Waals surface area contributed by atoms with Crippen LogP contribution >= 0.6 is 11.3 Å². The molecule has 0 saturated heterocycles. The molecule has 0 atom stereocenters. The zero-order valence-electron chi connectivity index (χ0n) is 9.31. The van der Waals surface area contributed by atoms with Crippen LogP contribution in [-0.4, -0.2) is 4.98 Å². The summed E-state index contributed by atoms with van der Waals surface area (Å²) < 4.78 is 0. The van der Waals surface area contributed by atoms with Gasteiger partial charge in [0.05, 0.1) is 5.39 Å². The molecular formula is C14H8N2OS. The average molecular weight is 252 g/mol. The van der Waals surface area contributed by atoms with Crippen molar-refractivity contribution in [1.29, 1.82) is 5.26 Å². The number of rotatable bonds is 1. The van der Waals surface area contributed by atoms with Crippen LogP contribution in [0.1, 0.15) is 5.56 Å². The van der Waals surface area contributed by atoms with Gasteiger partial charge in [0.15, 0.2) is 0 Å². The average Bonchev–Trinajstić information content (AvgIpc) is 2.85. The summed E-state index contributed by atoms with van der Waals surface area (Å²) in [5, 5.41) is 9.42. The second-order valence-corrected chi connectivity index (χ2v) is 4.91. The van der Waals surface area contributed by atoms with Gasteiger partial charge in [0.2, 0.25) is 5.43 Å². The molecule has 0 spiro atoms. The molecule has 0 fully saturated rings. The van der Waals surface area contributed by atoms with Gasteiger partial charge in [0.25, 0.3) is 0 Å². The zero-order valence-corrected chi connectivity index (χ0v) is 10.1. The van der Waals surface area contributed by atoms with Gasteiger partial charge in [-0.3, -0.25) is 4.79 Å². The smallest absolute Gasteiger partial charge is 0.208 e. The predicted octanol–water partition coefficient (Wildman–Crippen LogP) is 3.13. The Morgan fingerprint density at radius 1 is 1.22 bits per heavy atom. The van der Waals surface area contributed by atoms with E-state index < -0.39 is 0 Å². The molecule has 2 aromatic heterocycles. The third-order valence-electron chi connectivity index (χ3n) is 2.75. The SMILES string of the molecule is N#Cc1c[nH]c2sc(-c3ccccc3)cc2c1=O. The summed E-state index contributed by atoms with van der Waals surface area (Å²) in [6, 6.07) is 13.6. The summed E-state index contributed by atoms with van der Waals surface area (Å²) in [6.45, 7) is 0. The molecule has 0 amide bonds. The van der Waals surface area contributed by atoms with E-state index in [4.69, 9.17) is 5.26 Å². The van der Waals surface area contributed by atoms with Crippen molar-refractivity contribution in [3.8, 4) is 16.5 Å². The minimum absolute atomic E-state index is 0.153. The van der Waals surface area contributed by atoms with Crippen LogP contribution in [0.3, 0.4) is 0 Å². The molecule has 0 unspecified atom stereocenters. The Morgan fingerprint density at radius 2 is 2.00 bits per heavy atom. The van der Waals surface area contributed by atoms with Gasteiger partial charge in [-0.1, -0.05) is 30.3 Å². The molecule has 3 rings (SSSR count). The predicted molar refractivity (Wildman–Crippen MR) is 72.6 cm³/mol. The molecule has 2 heterocycles. The highest BCUT2D eigenvalue weighted by Crippen LogP contribution is 2.30. The number of thiophene rings is 1. The molecule has 3 nitrogen and oxygen atoms in total. The first kappa shape index (κ1) is 10.8. The van der Waals surface area contributed by atoms with Crippen LogP contribution in [0.5, 0.6) is 0 Å². The van der Waals surface area contributed by atoms with E-state index in [1.54, 1.807) is 0 Å². The van der Waals surface area contributed by atoms with Crippen LogP contribution in [-0.2, 0) is 0 Å². The molecule has 4 heteroatoms. The highest BCUT2D eigenvalue weighted by atomic mass is 32.1. The molecule has 3 aromatic rings. The number of aromatic nitrogens is 1. The van der Waals surface area contributed by atoms with Crippen LogP contribution in [0.25, 0.3) is 20.7 Å². The first-order valence-electron chi connectivity index (χ1n) is 5.40. The van der Waals surface area contributed by atoms with E-state index in [-0.39, 0.29) is 11.0 Å². The number of aromatic amines is 1. The maximum absolute atomic E-state index is 12.0. The van der Waals surface area contributed by atoms with Crippen LogP contribution < -0.4 is 5.43 Å². The van der Waals surface area contributed by atoms with E-state index in [2.05, 4.69) is 4.98 Å². The van der Waals surface area contributed by atoms with Crippen LogP contribution in [0.2, 0.25) is 0 Å². The molecule has 0 bridgehead atoms. The minimum Gasteiger partial charge on any atom is -0.351 e. The van der Waals surface area contributed by atoms with E-state index in [0.29, 0.717) is 5.39 Å². The first-order valence-corrected chi connectivity index (χ1v) is 6.22. The molecule has 18 heavy (non-hydrogen) atoms. The molecular weight excluding hydrogens is 244 g/mol. The van der Waals surface area contributed by atoms with Crippen LogP contribution in [0.15, 0.2) is 47.4 Å². The Hall–Kier alpha value is -2.38. The molecule has 86 valence electrons. The molecule has 0 aliphatic carbocycles. The second kappa shape index (κ2) is 4.13. The number of hydrogen-bond acceptors (Lipinski definition) is 3. The quantitative estimate of drug-likeness (QED) is 0.723. The molecule has 0 aliphatic rings. The monoisotopic (exact) mass is 252 g/mol. The van der Waals surface area contributed by atoms with Gasteiger partial charge in [-0.05, 0) is 11.6 Å². The van der Waals surface area contributed by atoms with Gasteiger partial charge in [-0.25, -0.2) is 0 Å². The number of pyridine rings is 1. The summed E-state index contributed by atoms with van der Waals surface area (Å²) in [5.74, 6) is 0. The lowest BCUT2D eigenvalue weighted by Gasteiger charge is -1.93. The van der Waals surface area contributed by atoms with Gasteiger partial charge in [-0.2, -0.15) is 5.26 Å². The van der Waals surface area contributed by atoms with Gasteiger partial charge >= 0.3 is 0 Å². The number of H-pyrrole nitrogens is 1.